The van der Waals surface area contributed by atoms with Crippen LogP contribution >= 0.6 is 11.6 Å². The number of aliphatic hydroxyl groups excluding tert-OH is 1. The molecule has 30 heavy (non-hydrogen) atoms. The molecular formula is C18H11ClF4N2O4S. The zero-order valence-corrected chi connectivity index (χ0v) is 16.2. The molecule has 158 valence electrons. The van der Waals surface area contributed by atoms with E-state index in [4.69, 9.17) is 11.6 Å². The van der Waals surface area contributed by atoms with Crippen molar-refractivity contribution in [2.45, 2.75) is 10.4 Å². The number of carbonyl (C=O) groups excluding carboxylic acids is 1. The molecule has 1 aliphatic rings. The predicted molar refractivity (Wildman–Crippen MR) is 101 cm³/mol. The number of allylic oxidation sites excluding steroid dienone is 2. The number of sulfone groups is 1. The summed E-state index contributed by atoms with van der Waals surface area (Å²) >= 11 is 5.62. The molecule has 0 aromatic heterocycles. The largest absolute Gasteiger partial charge is 0.515 e. The lowest BCUT2D eigenvalue weighted by molar-refractivity contribution is -0.113. The Morgan fingerprint density at radius 1 is 0.967 bits per heavy atom. The van der Waals surface area contributed by atoms with Gasteiger partial charge in [-0.15, -0.1) is 0 Å². The number of hydrogen-bond acceptors (Lipinski definition) is 6. The molecule has 1 aliphatic carbocycles. The minimum absolute atomic E-state index is 0.0734. The van der Waals surface area contributed by atoms with Crippen molar-refractivity contribution in [3.8, 4) is 0 Å². The van der Waals surface area contributed by atoms with Gasteiger partial charge in [0.25, 0.3) is 9.84 Å². The quantitative estimate of drug-likeness (QED) is 0.343. The van der Waals surface area contributed by atoms with Gasteiger partial charge in [-0.2, -0.15) is 13.2 Å². The number of anilines is 2. The lowest BCUT2D eigenvalue weighted by Gasteiger charge is -2.27. The normalized spacial score (nSPS) is 15.9. The monoisotopic (exact) mass is 462 g/mol. The van der Waals surface area contributed by atoms with Crippen molar-refractivity contribution >= 4 is 38.6 Å². The molecule has 0 unspecified atom stereocenters. The predicted octanol–water partition coefficient (Wildman–Crippen LogP) is 4.53. The van der Waals surface area contributed by atoms with E-state index < -0.39 is 36.9 Å². The Morgan fingerprint density at radius 3 is 2.10 bits per heavy atom. The number of carbonyl (C=O) groups is 1. The van der Waals surface area contributed by atoms with Crippen molar-refractivity contribution in [2.75, 3.05) is 10.6 Å². The van der Waals surface area contributed by atoms with Crippen LogP contribution < -0.4 is 10.6 Å². The van der Waals surface area contributed by atoms with E-state index in [9.17, 15) is 35.9 Å². The number of nitrogens with one attached hydrogen (secondary N) is 2. The van der Waals surface area contributed by atoms with Gasteiger partial charge < -0.3 is 15.7 Å². The van der Waals surface area contributed by atoms with Gasteiger partial charge in [0.05, 0.1) is 27.5 Å². The minimum Gasteiger partial charge on any atom is -0.515 e. The Morgan fingerprint density at radius 2 is 1.53 bits per heavy atom. The molecule has 0 saturated heterocycles. The first-order chi connectivity index (χ1) is 14.0. The third-order valence-corrected chi connectivity index (χ3v) is 6.00. The first-order valence-corrected chi connectivity index (χ1v) is 9.86. The molecule has 2 aromatic rings. The van der Waals surface area contributed by atoms with Gasteiger partial charge in [0.2, 0.25) is 5.78 Å². The number of ketones is 1. The number of hydrogen-bond donors (Lipinski definition) is 3. The van der Waals surface area contributed by atoms with Gasteiger partial charge in [-0.1, -0.05) is 11.6 Å². The number of benzene rings is 2. The minimum atomic E-state index is -5.72. The summed E-state index contributed by atoms with van der Waals surface area (Å²) in [5.41, 5.74) is -5.60. The van der Waals surface area contributed by atoms with E-state index in [-0.39, 0.29) is 22.7 Å². The number of halogens is 5. The van der Waals surface area contributed by atoms with E-state index in [1.54, 1.807) is 0 Å². The van der Waals surface area contributed by atoms with Crippen molar-refractivity contribution < 1.29 is 35.9 Å². The highest BCUT2D eigenvalue weighted by molar-refractivity contribution is 7.92. The van der Waals surface area contributed by atoms with Gasteiger partial charge in [0.15, 0.2) is 0 Å². The van der Waals surface area contributed by atoms with Crippen LogP contribution in [0.3, 0.4) is 0 Å². The number of rotatable bonds is 5. The Labute approximate surface area is 172 Å². The zero-order chi connectivity index (χ0) is 22.3. The molecule has 0 radical (unpaired) electrons. The van der Waals surface area contributed by atoms with Gasteiger partial charge in [0.1, 0.15) is 11.5 Å². The highest BCUT2D eigenvalue weighted by atomic mass is 35.5. The van der Waals surface area contributed by atoms with E-state index in [0.29, 0.717) is 18.0 Å². The summed E-state index contributed by atoms with van der Waals surface area (Å²) < 4.78 is 75.0. The van der Waals surface area contributed by atoms with Crippen molar-refractivity contribution in [3.63, 3.8) is 0 Å². The average molecular weight is 463 g/mol. The molecule has 0 fully saturated rings. The number of aliphatic hydroxyl groups is 1. The van der Waals surface area contributed by atoms with E-state index in [1.165, 1.54) is 18.2 Å². The summed E-state index contributed by atoms with van der Waals surface area (Å²) in [6, 6.07) is 7.75. The molecule has 0 saturated carbocycles. The summed E-state index contributed by atoms with van der Waals surface area (Å²) in [4.78, 5) is 11.0. The van der Waals surface area contributed by atoms with Crippen LogP contribution in [0.25, 0.3) is 0 Å². The van der Waals surface area contributed by atoms with Crippen LogP contribution in [0.2, 0.25) is 5.02 Å². The first kappa shape index (κ1) is 21.7. The van der Waals surface area contributed by atoms with Gasteiger partial charge in [-0.3, -0.25) is 4.79 Å². The summed E-state index contributed by atoms with van der Waals surface area (Å²) in [6.45, 7) is 0. The van der Waals surface area contributed by atoms with E-state index in [1.807, 2.05) is 0 Å². The van der Waals surface area contributed by atoms with Crippen molar-refractivity contribution in [1.29, 1.82) is 0 Å². The van der Waals surface area contributed by atoms with Crippen LogP contribution in [0.4, 0.5) is 28.9 Å². The Hall–Kier alpha value is -3.05. The molecule has 0 heterocycles. The lowest BCUT2D eigenvalue weighted by Crippen LogP contribution is -2.31. The number of Topliss-reactive ketones (excluding diaryl/α,β-unsaturated/α-hetero) is 1. The second-order valence-electron chi connectivity index (χ2n) is 5.97. The van der Waals surface area contributed by atoms with Gasteiger partial charge in [0, 0.05) is 11.4 Å². The maximum atomic E-state index is 13.0. The summed E-state index contributed by atoms with van der Waals surface area (Å²) in [7, 11) is -5.72. The van der Waals surface area contributed by atoms with E-state index in [0.717, 1.165) is 18.2 Å². The van der Waals surface area contributed by atoms with Crippen molar-refractivity contribution in [3.05, 3.63) is 76.5 Å². The fourth-order valence-corrected chi connectivity index (χ4v) is 3.82. The van der Waals surface area contributed by atoms with E-state index in [2.05, 4.69) is 10.6 Å². The van der Waals surface area contributed by atoms with Crippen LogP contribution in [0.5, 0.6) is 0 Å². The molecule has 6 nitrogen and oxygen atoms in total. The molecule has 2 aromatic carbocycles. The van der Waals surface area contributed by atoms with Crippen LogP contribution in [-0.4, -0.2) is 24.8 Å². The molecule has 12 heteroatoms. The van der Waals surface area contributed by atoms with Crippen LogP contribution in [0.15, 0.2) is 70.6 Å². The molecule has 3 rings (SSSR count). The standard InChI is InChI=1S/C18H11ClF4N2O4S/c19-13-6-5-11(7-14(13)30(28,29)18(21,22)23)25-16-15(12(8-26)17(16)27)24-10-3-1-9(20)2-4-10/h1-8,24-26H. The van der Waals surface area contributed by atoms with Gasteiger partial charge >= 0.3 is 5.51 Å². The van der Waals surface area contributed by atoms with Crippen LogP contribution in [-0.2, 0) is 14.6 Å². The van der Waals surface area contributed by atoms with Gasteiger partial charge in [-0.05, 0) is 42.5 Å². The zero-order valence-electron chi connectivity index (χ0n) is 14.6. The molecule has 0 aliphatic heterocycles. The molecule has 3 N–H and O–H groups in total. The third-order valence-electron chi connectivity index (χ3n) is 4.03. The number of alkyl halides is 3. The smallest absolute Gasteiger partial charge is 0.501 e. The second kappa shape index (κ2) is 7.65. The highest BCUT2D eigenvalue weighted by Crippen LogP contribution is 2.37. The summed E-state index contributed by atoms with van der Waals surface area (Å²) in [5.74, 6) is -1.19. The molecule has 0 amide bonds. The first-order valence-electron chi connectivity index (χ1n) is 8.00. The van der Waals surface area contributed by atoms with Crippen LogP contribution in [0, 0.1) is 5.82 Å². The second-order valence-corrected chi connectivity index (χ2v) is 8.29. The van der Waals surface area contributed by atoms with Crippen molar-refractivity contribution in [1.82, 2.24) is 0 Å². The van der Waals surface area contributed by atoms with E-state index >= 15 is 0 Å². The maximum absolute atomic E-state index is 13.0. The Balaban J connectivity index is 1.98. The molecule has 0 bridgehead atoms. The van der Waals surface area contributed by atoms with Crippen LogP contribution in [0.1, 0.15) is 0 Å². The molecule has 0 atom stereocenters. The SMILES string of the molecule is O=C1C(=CO)C(Nc2ccc(F)cc2)=C1Nc1ccc(Cl)c(S(=O)(=O)C(F)(F)F)c1. The summed E-state index contributed by atoms with van der Waals surface area (Å²) in [5, 5.41) is 13.9. The maximum Gasteiger partial charge on any atom is 0.501 e. The molecule has 0 spiro atoms. The lowest BCUT2D eigenvalue weighted by atomic mass is 9.92. The average Bonchev–Trinajstić information content (AvgIpc) is 2.67. The fourth-order valence-electron chi connectivity index (χ4n) is 2.54. The topological polar surface area (TPSA) is 95.5 Å². The fraction of sp³-hybridized carbons (Fsp3) is 0.0556. The summed E-state index contributed by atoms with van der Waals surface area (Å²) in [6.07, 6.45) is 0.529. The highest BCUT2D eigenvalue weighted by Gasteiger charge is 2.48. The molecular weight excluding hydrogens is 452 g/mol. The van der Waals surface area contributed by atoms with Crippen molar-refractivity contribution in [2.24, 2.45) is 0 Å². The Bertz CT molecular complexity index is 1190. The Kier molecular flexibility index (Phi) is 5.52. The third kappa shape index (κ3) is 3.85. The van der Waals surface area contributed by atoms with Gasteiger partial charge in [-0.25, -0.2) is 12.8 Å².